The highest BCUT2D eigenvalue weighted by Gasteiger charge is 2.32. The summed E-state index contributed by atoms with van der Waals surface area (Å²) in [5.74, 6) is 1.12. The average Bonchev–Trinajstić information content (AvgIpc) is 3.47. The Hall–Kier alpha value is -3.60. The molecular formula is C21H17F3N4O4. The van der Waals surface area contributed by atoms with E-state index in [1.807, 2.05) is 0 Å². The number of hydrogen-bond acceptors (Lipinski definition) is 7. The molecule has 32 heavy (non-hydrogen) atoms. The smallest absolute Gasteiger partial charge is 0.488 e. The molecule has 1 saturated heterocycles. The van der Waals surface area contributed by atoms with Crippen molar-refractivity contribution in [3.8, 4) is 34.3 Å². The van der Waals surface area contributed by atoms with E-state index in [0.717, 1.165) is 0 Å². The summed E-state index contributed by atoms with van der Waals surface area (Å²) < 4.78 is 59.8. The predicted octanol–water partition coefficient (Wildman–Crippen LogP) is 4.65. The Balaban J connectivity index is 1.63. The van der Waals surface area contributed by atoms with E-state index >= 15 is 0 Å². The minimum absolute atomic E-state index is 0.207. The first-order valence-electron chi connectivity index (χ1n) is 9.77. The molecule has 0 aliphatic carbocycles. The summed E-state index contributed by atoms with van der Waals surface area (Å²) in [6.07, 6.45) is -3.05. The molecule has 11 heteroatoms. The van der Waals surface area contributed by atoms with Crippen molar-refractivity contribution < 1.29 is 31.8 Å². The normalized spacial score (nSPS) is 16.6. The van der Waals surface area contributed by atoms with Gasteiger partial charge in [0.25, 0.3) is 0 Å². The van der Waals surface area contributed by atoms with Crippen molar-refractivity contribution in [3.05, 3.63) is 42.4 Å². The molecule has 4 aromatic rings. The zero-order chi connectivity index (χ0) is 22.3. The van der Waals surface area contributed by atoms with E-state index in [1.165, 1.54) is 18.5 Å². The summed E-state index contributed by atoms with van der Waals surface area (Å²) in [5, 5.41) is 0. The molecule has 1 fully saturated rings. The van der Waals surface area contributed by atoms with E-state index in [-0.39, 0.29) is 17.7 Å². The fraction of sp³-hybridized carbons (Fsp3) is 0.286. The van der Waals surface area contributed by atoms with Crippen molar-refractivity contribution in [2.24, 2.45) is 0 Å². The largest absolute Gasteiger partial charge is 0.573 e. The second-order valence-electron chi connectivity index (χ2n) is 7.25. The van der Waals surface area contributed by atoms with Gasteiger partial charge in [0.15, 0.2) is 17.2 Å². The van der Waals surface area contributed by atoms with Crippen molar-refractivity contribution in [3.63, 3.8) is 0 Å². The summed E-state index contributed by atoms with van der Waals surface area (Å²) in [6.45, 7) is 2.68. The molecule has 1 aliphatic rings. The van der Waals surface area contributed by atoms with Crippen LogP contribution in [-0.4, -0.2) is 45.6 Å². The Labute approximate surface area is 179 Å². The Morgan fingerprint density at radius 3 is 2.69 bits per heavy atom. The van der Waals surface area contributed by atoms with E-state index in [0.29, 0.717) is 53.6 Å². The molecule has 1 aromatic carbocycles. The van der Waals surface area contributed by atoms with E-state index in [2.05, 4.69) is 24.7 Å². The fourth-order valence-corrected chi connectivity index (χ4v) is 3.47. The third-order valence-corrected chi connectivity index (χ3v) is 4.82. The Kier molecular flexibility index (Phi) is 4.97. The van der Waals surface area contributed by atoms with Crippen LogP contribution in [0.5, 0.6) is 11.5 Å². The number of nitrogens with one attached hydrogen (secondary N) is 1. The van der Waals surface area contributed by atoms with Gasteiger partial charge in [0.1, 0.15) is 34.6 Å². The number of rotatable bonds is 5. The molecule has 0 unspecified atom stereocenters. The molecule has 0 bridgehead atoms. The van der Waals surface area contributed by atoms with Gasteiger partial charge in [-0.2, -0.15) is 0 Å². The van der Waals surface area contributed by atoms with Crippen molar-refractivity contribution >= 4 is 11.2 Å². The number of aryl methyl sites for hydroxylation is 1. The maximum absolute atomic E-state index is 13.0. The molecular weight excluding hydrogens is 429 g/mol. The lowest BCUT2D eigenvalue weighted by Gasteiger charge is -2.16. The summed E-state index contributed by atoms with van der Waals surface area (Å²) in [6, 6.07) is 7.51. The van der Waals surface area contributed by atoms with Crippen molar-refractivity contribution in [1.82, 2.24) is 19.9 Å². The van der Waals surface area contributed by atoms with Gasteiger partial charge in [-0.3, -0.25) is 0 Å². The summed E-state index contributed by atoms with van der Waals surface area (Å²) in [5.41, 5.74) is 1.46. The number of hydrogen-bond donors (Lipinski definition) is 1. The van der Waals surface area contributed by atoms with Gasteiger partial charge in [-0.25, -0.2) is 15.0 Å². The van der Waals surface area contributed by atoms with Gasteiger partial charge in [-0.1, -0.05) is 0 Å². The Bertz CT molecular complexity index is 1260. The molecule has 1 aliphatic heterocycles. The summed E-state index contributed by atoms with van der Waals surface area (Å²) in [7, 11) is 0. The van der Waals surface area contributed by atoms with Gasteiger partial charge < -0.3 is 23.6 Å². The number of nitrogens with zero attached hydrogens (tertiary/aromatic N) is 3. The number of furan rings is 1. The Morgan fingerprint density at radius 2 is 1.97 bits per heavy atom. The number of fused-ring (bicyclic) bond motifs is 1. The SMILES string of the molecule is Cc1ccc(-c2nc(-c3cc(O[C@@H]4CCOC4)cc(OC(F)(F)F)c3)c3[nH]cnc3n2)o1. The molecule has 1 atom stereocenters. The highest BCUT2D eigenvalue weighted by atomic mass is 19.4. The minimum Gasteiger partial charge on any atom is -0.488 e. The quantitative estimate of drug-likeness (QED) is 0.477. The number of imidazole rings is 1. The first kappa shape index (κ1) is 20.3. The van der Waals surface area contributed by atoms with E-state index in [4.69, 9.17) is 13.9 Å². The van der Waals surface area contributed by atoms with Gasteiger partial charge in [0.05, 0.1) is 19.5 Å². The lowest BCUT2D eigenvalue weighted by molar-refractivity contribution is -0.274. The molecule has 166 valence electrons. The van der Waals surface area contributed by atoms with Crippen LogP contribution in [0.25, 0.3) is 34.0 Å². The van der Waals surface area contributed by atoms with Crippen molar-refractivity contribution in [2.75, 3.05) is 13.2 Å². The zero-order valence-electron chi connectivity index (χ0n) is 16.8. The van der Waals surface area contributed by atoms with Crippen LogP contribution < -0.4 is 9.47 Å². The van der Waals surface area contributed by atoms with Crippen LogP contribution in [0.1, 0.15) is 12.2 Å². The number of alkyl halides is 3. The van der Waals surface area contributed by atoms with Crippen LogP contribution in [0.3, 0.4) is 0 Å². The van der Waals surface area contributed by atoms with Crippen LogP contribution in [0.2, 0.25) is 0 Å². The number of aromatic amines is 1. The molecule has 4 heterocycles. The van der Waals surface area contributed by atoms with E-state index in [9.17, 15) is 13.2 Å². The molecule has 8 nitrogen and oxygen atoms in total. The summed E-state index contributed by atoms with van der Waals surface area (Å²) >= 11 is 0. The number of halogens is 3. The fourth-order valence-electron chi connectivity index (χ4n) is 3.47. The topological polar surface area (TPSA) is 95.3 Å². The second kappa shape index (κ2) is 7.83. The van der Waals surface area contributed by atoms with Crippen LogP contribution in [0.15, 0.2) is 41.1 Å². The molecule has 1 N–H and O–H groups in total. The maximum atomic E-state index is 13.0. The van der Waals surface area contributed by atoms with Crippen molar-refractivity contribution in [1.29, 1.82) is 0 Å². The zero-order valence-corrected chi connectivity index (χ0v) is 16.8. The van der Waals surface area contributed by atoms with Crippen LogP contribution >= 0.6 is 0 Å². The standard InChI is InChI=1S/C21H17F3N4O4/c1-11-2-3-16(30-11)19-27-17(18-20(28-19)26-10-25-18)12-6-14(31-13-4-5-29-9-13)8-15(7-12)32-21(22,23)24/h2-3,6-8,10,13H,4-5,9H2,1H3,(H,25,26,27,28)/t13-/m1/s1. The maximum Gasteiger partial charge on any atom is 0.573 e. The lowest BCUT2D eigenvalue weighted by Crippen LogP contribution is -2.18. The van der Waals surface area contributed by atoms with E-state index < -0.39 is 12.1 Å². The van der Waals surface area contributed by atoms with Crippen LogP contribution in [0.4, 0.5) is 13.2 Å². The van der Waals surface area contributed by atoms with Gasteiger partial charge in [0.2, 0.25) is 0 Å². The highest BCUT2D eigenvalue weighted by Crippen LogP contribution is 2.36. The van der Waals surface area contributed by atoms with Gasteiger partial charge in [-0.15, -0.1) is 13.2 Å². The molecule has 0 amide bonds. The first-order chi connectivity index (χ1) is 15.3. The van der Waals surface area contributed by atoms with Gasteiger partial charge in [0, 0.05) is 18.1 Å². The van der Waals surface area contributed by atoms with Gasteiger partial charge in [-0.05, 0) is 31.2 Å². The Morgan fingerprint density at radius 1 is 1.12 bits per heavy atom. The predicted molar refractivity (Wildman–Crippen MR) is 106 cm³/mol. The average molecular weight is 446 g/mol. The third-order valence-electron chi connectivity index (χ3n) is 4.82. The van der Waals surface area contributed by atoms with E-state index in [1.54, 1.807) is 25.1 Å². The third kappa shape index (κ3) is 4.24. The lowest BCUT2D eigenvalue weighted by atomic mass is 10.1. The molecule has 0 spiro atoms. The number of aromatic nitrogens is 4. The van der Waals surface area contributed by atoms with Crippen molar-refractivity contribution in [2.45, 2.75) is 25.8 Å². The molecule has 5 rings (SSSR count). The first-order valence-corrected chi connectivity index (χ1v) is 9.77. The number of ether oxygens (including phenoxy) is 3. The highest BCUT2D eigenvalue weighted by molar-refractivity contribution is 5.89. The van der Waals surface area contributed by atoms with Crippen LogP contribution in [0, 0.1) is 6.92 Å². The second-order valence-corrected chi connectivity index (χ2v) is 7.25. The minimum atomic E-state index is -4.86. The number of benzene rings is 1. The molecule has 0 radical (unpaired) electrons. The molecule has 3 aromatic heterocycles. The monoisotopic (exact) mass is 446 g/mol. The molecule has 0 saturated carbocycles. The van der Waals surface area contributed by atoms with Gasteiger partial charge >= 0.3 is 6.36 Å². The summed E-state index contributed by atoms with van der Waals surface area (Å²) in [4.78, 5) is 16.0. The number of H-pyrrole nitrogens is 1. The van der Waals surface area contributed by atoms with Crippen LogP contribution in [-0.2, 0) is 4.74 Å².